The number of ether oxygens (including phenoxy) is 1. The molecule has 0 aliphatic carbocycles. The van der Waals surface area contributed by atoms with Crippen molar-refractivity contribution in [2.75, 3.05) is 0 Å². The molecule has 2 nitrogen and oxygen atoms in total. The van der Waals surface area contributed by atoms with Gasteiger partial charge in [-0.05, 0) is 18.2 Å². The maximum Gasteiger partial charge on any atom is 0.339 e. The minimum absolute atomic E-state index is 0.260. The van der Waals surface area contributed by atoms with Crippen molar-refractivity contribution in [3.05, 3.63) is 40.9 Å². The van der Waals surface area contributed by atoms with E-state index in [0.717, 1.165) is 0 Å². The fraction of sp³-hybridized carbons (Fsp3) is 0. The van der Waals surface area contributed by atoms with Crippen LogP contribution in [0.15, 0.2) is 18.2 Å². The third-order valence-electron chi connectivity index (χ3n) is 1.28. The monoisotopic (exact) mass is 203 g/mol. The molecule has 0 heterocycles. The van der Waals surface area contributed by atoms with E-state index in [4.69, 9.17) is 23.2 Å². The molecule has 4 heteroatoms. The lowest BCUT2D eigenvalue weighted by Gasteiger charge is -2.00. The molecule has 0 amide bonds. The first kappa shape index (κ1) is 9.36. The molecule has 0 saturated heterocycles. The molecule has 0 unspecified atom stereocenters. The predicted molar refractivity (Wildman–Crippen MR) is 47.2 cm³/mol. The van der Waals surface area contributed by atoms with E-state index in [1.54, 1.807) is 6.07 Å². The average molecular weight is 204 g/mol. The summed E-state index contributed by atoms with van der Waals surface area (Å²) in [4.78, 5) is 10.9. The van der Waals surface area contributed by atoms with Gasteiger partial charge in [-0.1, -0.05) is 23.2 Å². The maximum atomic E-state index is 10.9. The Morgan fingerprint density at radius 2 is 2.08 bits per heavy atom. The summed E-state index contributed by atoms with van der Waals surface area (Å²) in [5, 5.41) is 0.733. The molecule has 0 saturated carbocycles. The Kier molecular flexibility index (Phi) is 2.95. The van der Waals surface area contributed by atoms with E-state index in [1.807, 2.05) is 0 Å². The smallest absolute Gasteiger partial charge is 0.339 e. The second-order valence-electron chi connectivity index (χ2n) is 2.06. The second kappa shape index (κ2) is 3.78. The van der Waals surface area contributed by atoms with E-state index in [-0.39, 0.29) is 10.6 Å². The van der Waals surface area contributed by atoms with Gasteiger partial charge in [-0.25, -0.2) is 4.79 Å². The standard InChI is InChI=1S/C8H5Cl2O2/c1-12-8(11)6-3-2-5(9)4-7(6)10/h2-4H,1H2. The summed E-state index contributed by atoms with van der Waals surface area (Å²) in [5.41, 5.74) is 0.260. The SMILES string of the molecule is [CH2]OC(=O)c1ccc(Cl)cc1Cl. The van der Waals surface area contributed by atoms with Crippen LogP contribution < -0.4 is 0 Å². The molecular formula is C8H5Cl2O2. The van der Waals surface area contributed by atoms with Crippen LogP contribution in [0.4, 0.5) is 0 Å². The van der Waals surface area contributed by atoms with E-state index in [1.165, 1.54) is 12.1 Å². The minimum Gasteiger partial charge on any atom is -0.458 e. The van der Waals surface area contributed by atoms with Crippen LogP contribution in [0.2, 0.25) is 10.0 Å². The zero-order chi connectivity index (χ0) is 9.14. The van der Waals surface area contributed by atoms with Gasteiger partial charge in [0.1, 0.15) is 7.11 Å². The van der Waals surface area contributed by atoms with E-state index in [0.29, 0.717) is 5.02 Å². The van der Waals surface area contributed by atoms with Crippen LogP contribution in [0.5, 0.6) is 0 Å². The molecule has 1 aromatic carbocycles. The second-order valence-corrected chi connectivity index (χ2v) is 2.90. The van der Waals surface area contributed by atoms with Gasteiger partial charge in [0.2, 0.25) is 0 Å². The summed E-state index contributed by atoms with van der Waals surface area (Å²) in [5.74, 6) is -0.573. The van der Waals surface area contributed by atoms with Gasteiger partial charge in [0.25, 0.3) is 0 Å². The Bertz CT molecular complexity index is 310. The van der Waals surface area contributed by atoms with Crippen LogP contribution in [-0.4, -0.2) is 5.97 Å². The van der Waals surface area contributed by atoms with Crippen molar-refractivity contribution < 1.29 is 9.53 Å². The first-order valence-corrected chi connectivity index (χ1v) is 3.82. The Hall–Kier alpha value is -0.730. The number of benzene rings is 1. The van der Waals surface area contributed by atoms with Crippen molar-refractivity contribution in [2.24, 2.45) is 0 Å². The highest BCUT2D eigenvalue weighted by molar-refractivity contribution is 6.36. The molecule has 0 N–H and O–H groups in total. The quantitative estimate of drug-likeness (QED) is 0.657. The third kappa shape index (κ3) is 1.90. The van der Waals surface area contributed by atoms with Gasteiger partial charge >= 0.3 is 5.97 Å². The molecule has 1 radical (unpaired) electrons. The first-order valence-electron chi connectivity index (χ1n) is 3.06. The molecule has 0 aromatic heterocycles. The largest absolute Gasteiger partial charge is 0.458 e. The molecule has 1 rings (SSSR count). The van der Waals surface area contributed by atoms with Crippen molar-refractivity contribution in [3.8, 4) is 0 Å². The molecule has 0 atom stereocenters. The number of rotatable bonds is 1. The Balaban J connectivity index is 3.09. The summed E-state index contributed by atoms with van der Waals surface area (Å²) in [6.45, 7) is 0. The van der Waals surface area contributed by atoms with Gasteiger partial charge in [-0.2, -0.15) is 0 Å². The fourth-order valence-electron chi connectivity index (χ4n) is 0.733. The molecule has 0 fully saturated rings. The number of halogens is 2. The summed E-state index contributed by atoms with van der Waals surface area (Å²) < 4.78 is 4.24. The zero-order valence-electron chi connectivity index (χ0n) is 6.01. The van der Waals surface area contributed by atoms with E-state index < -0.39 is 5.97 Å². The fourth-order valence-corrected chi connectivity index (χ4v) is 1.22. The molecule has 12 heavy (non-hydrogen) atoms. The third-order valence-corrected chi connectivity index (χ3v) is 1.83. The van der Waals surface area contributed by atoms with E-state index >= 15 is 0 Å². The lowest BCUT2D eigenvalue weighted by molar-refractivity contribution is 0.0654. The Morgan fingerprint density at radius 1 is 1.42 bits per heavy atom. The van der Waals surface area contributed by atoms with Gasteiger partial charge < -0.3 is 4.74 Å². The molecular weight excluding hydrogens is 199 g/mol. The zero-order valence-corrected chi connectivity index (χ0v) is 7.52. The molecule has 0 aliphatic rings. The Morgan fingerprint density at radius 3 is 2.58 bits per heavy atom. The highest BCUT2D eigenvalue weighted by Gasteiger charge is 2.09. The van der Waals surface area contributed by atoms with Crippen LogP contribution >= 0.6 is 23.2 Å². The lowest BCUT2D eigenvalue weighted by Crippen LogP contribution is -2.00. The first-order chi connectivity index (χ1) is 5.65. The van der Waals surface area contributed by atoms with Crippen LogP contribution in [0.25, 0.3) is 0 Å². The minimum atomic E-state index is -0.573. The summed E-state index contributed by atoms with van der Waals surface area (Å²) >= 11 is 11.3. The topological polar surface area (TPSA) is 26.3 Å². The molecule has 0 aliphatic heterocycles. The van der Waals surface area contributed by atoms with Gasteiger partial charge in [0.15, 0.2) is 0 Å². The van der Waals surface area contributed by atoms with Gasteiger partial charge in [0.05, 0.1) is 10.6 Å². The molecule has 63 valence electrons. The Labute approximate surface area is 80.0 Å². The van der Waals surface area contributed by atoms with Crippen LogP contribution in [0, 0.1) is 7.11 Å². The van der Waals surface area contributed by atoms with Gasteiger partial charge in [-0.3, -0.25) is 0 Å². The van der Waals surface area contributed by atoms with Crippen LogP contribution in [0.1, 0.15) is 10.4 Å². The highest BCUT2D eigenvalue weighted by Crippen LogP contribution is 2.21. The maximum absolute atomic E-state index is 10.9. The van der Waals surface area contributed by atoms with Crippen molar-refractivity contribution in [1.82, 2.24) is 0 Å². The average Bonchev–Trinajstić information content (AvgIpc) is 2.03. The summed E-state index contributed by atoms with van der Waals surface area (Å²) in [6, 6.07) is 4.51. The summed E-state index contributed by atoms with van der Waals surface area (Å²) in [6.07, 6.45) is 0. The van der Waals surface area contributed by atoms with Crippen molar-refractivity contribution in [3.63, 3.8) is 0 Å². The van der Waals surface area contributed by atoms with Crippen LogP contribution in [0.3, 0.4) is 0 Å². The van der Waals surface area contributed by atoms with Crippen molar-refractivity contribution >= 4 is 29.2 Å². The highest BCUT2D eigenvalue weighted by atomic mass is 35.5. The summed E-state index contributed by atoms with van der Waals surface area (Å²) in [7, 11) is 2.98. The van der Waals surface area contributed by atoms with Gasteiger partial charge in [0, 0.05) is 5.02 Å². The van der Waals surface area contributed by atoms with Crippen molar-refractivity contribution in [1.29, 1.82) is 0 Å². The number of carbonyl (C=O) groups is 1. The molecule has 0 spiro atoms. The van der Waals surface area contributed by atoms with Gasteiger partial charge in [-0.15, -0.1) is 0 Å². The van der Waals surface area contributed by atoms with Crippen molar-refractivity contribution in [2.45, 2.75) is 0 Å². The van der Waals surface area contributed by atoms with Crippen LogP contribution in [-0.2, 0) is 4.74 Å². The molecule has 1 aromatic rings. The normalized spacial score (nSPS) is 9.58. The lowest BCUT2D eigenvalue weighted by atomic mass is 10.2. The van der Waals surface area contributed by atoms with E-state index in [9.17, 15) is 4.79 Å². The number of hydrogen-bond acceptors (Lipinski definition) is 2. The number of carbonyl (C=O) groups excluding carboxylic acids is 1. The number of esters is 1. The van der Waals surface area contributed by atoms with E-state index in [2.05, 4.69) is 11.8 Å². The number of hydrogen-bond donors (Lipinski definition) is 0. The predicted octanol–water partition coefficient (Wildman–Crippen LogP) is 2.94. The molecule has 0 bridgehead atoms.